The smallest absolute Gasteiger partial charge is 0.0692 e. The normalized spacial score (nSPS) is 34.1. The summed E-state index contributed by atoms with van der Waals surface area (Å²) in [6.45, 7) is 8.00. The molecule has 0 radical (unpaired) electrons. The van der Waals surface area contributed by atoms with Crippen molar-refractivity contribution in [2.45, 2.75) is 57.6 Å². The molecular weight excluding hydrogens is 214 g/mol. The van der Waals surface area contributed by atoms with Crippen LogP contribution in [0.5, 0.6) is 0 Å². The van der Waals surface area contributed by atoms with Gasteiger partial charge in [0.25, 0.3) is 0 Å². The summed E-state index contributed by atoms with van der Waals surface area (Å²) in [6, 6.07) is 0.681. The van der Waals surface area contributed by atoms with Gasteiger partial charge in [-0.3, -0.25) is 4.90 Å². The van der Waals surface area contributed by atoms with E-state index >= 15 is 0 Å². The minimum absolute atomic E-state index is 0.125. The van der Waals surface area contributed by atoms with Crippen LogP contribution in [0.25, 0.3) is 0 Å². The fourth-order valence-corrected chi connectivity index (χ4v) is 3.40. The van der Waals surface area contributed by atoms with Gasteiger partial charge in [0.05, 0.1) is 5.60 Å². The van der Waals surface area contributed by atoms with Crippen molar-refractivity contribution in [3.8, 4) is 0 Å². The van der Waals surface area contributed by atoms with E-state index in [2.05, 4.69) is 18.7 Å². The summed E-state index contributed by atoms with van der Waals surface area (Å²) in [4.78, 5) is 2.59. The van der Waals surface area contributed by atoms with Crippen molar-refractivity contribution in [3.05, 3.63) is 0 Å². The highest BCUT2D eigenvalue weighted by atomic mass is 16.5. The van der Waals surface area contributed by atoms with E-state index in [1.807, 2.05) is 0 Å². The molecule has 0 aliphatic carbocycles. The predicted octanol–water partition coefficient (Wildman–Crippen LogP) is 2.04. The van der Waals surface area contributed by atoms with E-state index < -0.39 is 0 Å². The van der Waals surface area contributed by atoms with Crippen LogP contribution < -0.4 is 0 Å². The first kappa shape index (κ1) is 13.3. The van der Waals surface area contributed by atoms with Gasteiger partial charge >= 0.3 is 0 Å². The maximum Gasteiger partial charge on any atom is 0.0692 e. The molecule has 0 aromatic rings. The third-order valence-electron chi connectivity index (χ3n) is 4.85. The van der Waals surface area contributed by atoms with Crippen molar-refractivity contribution in [2.75, 3.05) is 26.3 Å². The van der Waals surface area contributed by atoms with Gasteiger partial charge in [-0.05, 0) is 44.6 Å². The molecule has 2 unspecified atom stereocenters. The number of hydrogen-bond donors (Lipinski definition) is 1. The van der Waals surface area contributed by atoms with Crippen LogP contribution in [0, 0.1) is 5.92 Å². The zero-order valence-electron chi connectivity index (χ0n) is 11.3. The Hall–Kier alpha value is -0.120. The van der Waals surface area contributed by atoms with Gasteiger partial charge in [-0.25, -0.2) is 0 Å². The minimum atomic E-state index is 0.125. The minimum Gasteiger partial charge on any atom is -0.396 e. The average Bonchev–Trinajstić information content (AvgIpc) is 2.87. The first-order valence-electron chi connectivity index (χ1n) is 7.22. The lowest BCUT2D eigenvalue weighted by Gasteiger charge is -2.43. The van der Waals surface area contributed by atoms with E-state index in [1.54, 1.807) is 0 Å². The molecule has 2 rings (SSSR count). The monoisotopic (exact) mass is 241 g/mol. The summed E-state index contributed by atoms with van der Waals surface area (Å²) in [6.07, 6.45) is 5.76. The zero-order valence-corrected chi connectivity index (χ0v) is 11.3. The average molecular weight is 241 g/mol. The second kappa shape index (κ2) is 5.68. The number of likely N-dealkylation sites (tertiary alicyclic amines) is 1. The molecular formula is C14H27NO2. The van der Waals surface area contributed by atoms with Gasteiger partial charge in [0.2, 0.25) is 0 Å². The van der Waals surface area contributed by atoms with E-state index in [0.29, 0.717) is 18.6 Å². The third-order valence-corrected chi connectivity index (χ3v) is 4.85. The molecule has 2 fully saturated rings. The summed E-state index contributed by atoms with van der Waals surface area (Å²) in [5.74, 6) is 0.510. The van der Waals surface area contributed by atoms with E-state index in [9.17, 15) is 5.11 Å². The molecule has 1 N–H and O–H groups in total. The highest BCUT2D eigenvalue weighted by Gasteiger charge is 2.38. The van der Waals surface area contributed by atoms with Gasteiger partial charge in [-0.15, -0.1) is 0 Å². The molecule has 2 atom stereocenters. The molecule has 0 spiro atoms. The van der Waals surface area contributed by atoms with Crippen molar-refractivity contribution >= 4 is 0 Å². The molecule has 0 aromatic carbocycles. The van der Waals surface area contributed by atoms with Crippen LogP contribution in [0.2, 0.25) is 0 Å². The number of aliphatic hydroxyl groups excluding tert-OH is 1. The van der Waals surface area contributed by atoms with E-state index in [4.69, 9.17) is 4.74 Å². The third kappa shape index (κ3) is 2.83. The number of ether oxygens (including phenoxy) is 1. The van der Waals surface area contributed by atoms with E-state index in [0.717, 1.165) is 26.0 Å². The van der Waals surface area contributed by atoms with Gasteiger partial charge in [-0.2, -0.15) is 0 Å². The van der Waals surface area contributed by atoms with E-state index in [1.165, 1.54) is 25.8 Å². The summed E-state index contributed by atoms with van der Waals surface area (Å²) in [5.41, 5.74) is 0.125. The lowest BCUT2D eigenvalue weighted by Crippen LogP contribution is -2.47. The van der Waals surface area contributed by atoms with Crippen molar-refractivity contribution in [1.82, 2.24) is 4.90 Å². The standard InChI is InChI=1S/C14H27NO2/c1-3-14(4-2)9-13(6-8-17-14)15-7-5-12(10-15)11-16/h12-13,16H,3-11H2,1-2H3. The first-order valence-corrected chi connectivity index (χ1v) is 7.22. The Balaban J connectivity index is 1.93. The molecule has 100 valence electrons. The molecule has 17 heavy (non-hydrogen) atoms. The maximum atomic E-state index is 9.23. The quantitative estimate of drug-likeness (QED) is 0.817. The lowest BCUT2D eigenvalue weighted by molar-refractivity contribution is -0.108. The van der Waals surface area contributed by atoms with Gasteiger partial charge < -0.3 is 9.84 Å². The van der Waals surface area contributed by atoms with Crippen molar-refractivity contribution < 1.29 is 9.84 Å². The van der Waals surface area contributed by atoms with Crippen molar-refractivity contribution in [3.63, 3.8) is 0 Å². The second-order valence-electron chi connectivity index (χ2n) is 5.72. The predicted molar refractivity (Wildman–Crippen MR) is 69.1 cm³/mol. The zero-order chi connectivity index (χ0) is 12.3. The Morgan fingerprint density at radius 3 is 2.65 bits per heavy atom. The summed E-state index contributed by atoms with van der Waals surface area (Å²) in [7, 11) is 0. The van der Waals surface area contributed by atoms with Crippen LogP contribution in [0.15, 0.2) is 0 Å². The van der Waals surface area contributed by atoms with Crippen LogP contribution in [-0.4, -0.2) is 48.0 Å². The molecule has 2 aliphatic heterocycles. The number of aliphatic hydroxyl groups is 1. The van der Waals surface area contributed by atoms with Crippen LogP contribution in [0.3, 0.4) is 0 Å². The van der Waals surface area contributed by atoms with E-state index in [-0.39, 0.29) is 5.60 Å². The maximum absolute atomic E-state index is 9.23. The van der Waals surface area contributed by atoms with Crippen LogP contribution in [-0.2, 0) is 4.74 Å². The Morgan fingerprint density at radius 1 is 1.29 bits per heavy atom. The van der Waals surface area contributed by atoms with Crippen LogP contribution >= 0.6 is 0 Å². The summed E-state index contributed by atoms with van der Waals surface area (Å²) < 4.78 is 6.03. The Morgan fingerprint density at radius 2 is 2.06 bits per heavy atom. The molecule has 0 aromatic heterocycles. The highest BCUT2D eigenvalue weighted by Crippen LogP contribution is 2.35. The lowest BCUT2D eigenvalue weighted by atomic mass is 9.85. The molecule has 2 saturated heterocycles. The fraction of sp³-hybridized carbons (Fsp3) is 1.00. The van der Waals surface area contributed by atoms with Gasteiger partial charge in [-0.1, -0.05) is 13.8 Å². The molecule has 3 nitrogen and oxygen atoms in total. The first-order chi connectivity index (χ1) is 8.23. The largest absolute Gasteiger partial charge is 0.396 e. The molecule has 2 heterocycles. The number of hydrogen-bond acceptors (Lipinski definition) is 3. The fourth-order valence-electron chi connectivity index (χ4n) is 3.40. The SMILES string of the molecule is CCC1(CC)CC(N2CCC(CO)C2)CCO1. The Labute approximate surface area is 105 Å². The highest BCUT2D eigenvalue weighted by molar-refractivity contribution is 4.91. The van der Waals surface area contributed by atoms with Gasteiger partial charge in [0.15, 0.2) is 0 Å². The summed E-state index contributed by atoms with van der Waals surface area (Å²) >= 11 is 0. The van der Waals surface area contributed by atoms with Gasteiger partial charge in [0, 0.05) is 25.8 Å². The number of nitrogens with zero attached hydrogens (tertiary/aromatic N) is 1. The molecule has 0 saturated carbocycles. The van der Waals surface area contributed by atoms with Gasteiger partial charge in [0.1, 0.15) is 0 Å². The second-order valence-corrected chi connectivity index (χ2v) is 5.72. The molecule has 2 aliphatic rings. The molecule has 0 bridgehead atoms. The molecule has 3 heteroatoms. The van der Waals surface area contributed by atoms with Crippen molar-refractivity contribution in [2.24, 2.45) is 5.92 Å². The molecule has 0 amide bonds. The number of rotatable bonds is 4. The Kier molecular flexibility index (Phi) is 4.45. The summed E-state index contributed by atoms with van der Waals surface area (Å²) in [5, 5.41) is 9.23. The topological polar surface area (TPSA) is 32.7 Å². The Bertz CT molecular complexity index is 240. The van der Waals surface area contributed by atoms with Crippen LogP contribution in [0.1, 0.15) is 46.0 Å². The van der Waals surface area contributed by atoms with Crippen LogP contribution in [0.4, 0.5) is 0 Å². The van der Waals surface area contributed by atoms with Crippen molar-refractivity contribution in [1.29, 1.82) is 0 Å².